The number of likely N-dealkylation sites (N-methyl/N-ethyl adjacent to an activating group) is 1. The lowest BCUT2D eigenvalue weighted by molar-refractivity contribution is -0.384. The van der Waals surface area contributed by atoms with E-state index in [1.54, 1.807) is 4.90 Å². The molecule has 1 aliphatic carbocycles. The van der Waals surface area contributed by atoms with E-state index in [0.717, 1.165) is 12.8 Å². The van der Waals surface area contributed by atoms with Crippen LogP contribution in [-0.2, 0) is 0 Å². The fourth-order valence-electron chi connectivity index (χ4n) is 2.95. The number of carbonyl (C=O) groups is 1. The first kappa shape index (κ1) is 18.4. The molecule has 0 spiro atoms. The van der Waals surface area contributed by atoms with E-state index in [1.807, 2.05) is 32.8 Å². The van der Waals surface area contributed by atoms with Crippen LogP contribution >= 0.6 is 0 Å². The summed E-state index contributed by atoms with van der Waals surface area (Å²) in [4.78, 5) is 29.6. The SMILES string of the molecule is CN(C)C(C)(C)CN(C(=O)c1cc([N+](=O)[O-])c[nH]1)[C@H]1CCC[C@@H]1O. The summed E-state index contributed by atoms with van der Waals surface area (Å²) in [6.45, 7) is 4.46. The minimum atomic E-state index is -0.558. The molecule has 0 bridgehead atoms. The van der Waals surface area contributed by atoms with Crippen LogP contribution in [0.4, 0.5) is 5.69 Å². The van der Waals surface area contributed by atoms with Crippen LogP contribution in [0.2, 0.25) is 0 Å². The number of aliphatic hydroxyl groups excluding tert-OH is 1. The van der Waals surface area contributed by atoms with Crippen molar-refractivity contribution in [2.75, 3.05) is 20.6 Å². The number of aliphatic hydroxyl groups is 1. The summed E-state index contributed by atoms with van der Waals surface area (Å²) in [5, 5.41) is 21.1. The van der Waals surface area contributed by atoms with Gasteiger partial charge in [-0.2, -0.15) is 0 Å². The Morgan fingerprint density at radius 2 is 2.12 bits per heavy atom. The van der Waals surface area contributed by atoms with Gasteiger partial charge in [0.1, 0.15) is 5.69 Å². The lowest BCUT2D eigenvalue weighted by atomic mass is 10.0. The van der Waals surface area contributed by atoms with Crippen molar-refractivity contribution in [1.82, 2.24) is 14.8 Å². The molecule has 2 atom stereocenters. The second kappa shape index (κ2) is 6.90. The van der Waals surface area contributed by atoms with Crippen molar-refractivity contribution in [1.29, 1.82) is 0 Å². The first-order chi connectivity index (χ1) is 11.1. The fraction of sp³-hybridized carbons (Fsp3) is 0.688. The van der Waals surface area contributed by atoms with E-state index in [4.69, 9.17) is 0 Å². The third-order valence-electron chi connectivity index (χ3n) is 4.98. The van der Waals surface area contributed by atoms with Crippen LogP contribution in [-0.4, -0.2) is 69.0 Å². The molecule has 2 N–H and O–H groups in total. The van der Waals surface area contributed by atoms with Crippen molar-refractivity contribution in [2.45, 2.75) is 50.8 Å². The van der Waals surface area contributed by atoms with Crippen molar-refractivity contribution in [2.24, 2.45) is 0 Å². The number of amides is 1. The summed E-state index contributed by atoms with van der Waals surface area (Å²) < 4.78 is 0. The van der Waals surface area contributed by atoms with Gasteiger partial charge in [0.15, 0.2) is 0 Å². The molecule has 1 amide bonds. The van der Waals surface area contributed by atoms with Gasteiger partial charge in [-0.1, -0.05) is 0 Å². The summed E-state index contributed by atoms with van der Waals surface area (Å²) in [5.74, 6) is -0.316. The van der Waals surface area contributed by atoms with E-state index in [1.165, 1.54) is 12.3 Å². The topological polar surface area (TPSA) is 103 Å². The molecular weight excluding hydrogens is 312 g/mol. The van der Waals surface area contributed by atoms with Gasteiger partial charge in [0, 0.05) is 18.2 Å². The smallest absolute Gasteiger partial charge is 0.287 e. The van der Waals surface area contributed by atoms with Gasteiger partial charge in [-0.25, -0.2) is 0 Å². The van der Waals surface area contributed by atoms with Crippen LogP contribution in [0, 0.1) is 10.1 Å². The third-order valence-corrected chi connectivity index (χ3v) is 4.98. The standard InChI is InChI=1S/C16H26N4O4/c1-16(2,18(3)4)10-19(13-6-5-7-14(13)21)15(22)12-8-11(9-17-12)20(23)24/h8-9,13-14,17,21H,5-7,10H2,1-4H3/t13-,14-/m0/s1. The zero-order chi connectivity index (χ0) is 18.1. The van der Waals surface area contributed by atoms with Gasteiger partial charge in [-0.05, 0) is 47.2 Å². The van der Waals surface area contributed by atoms with E-state index in [2.05, 4.69) is 4.98 Å². The van der Waals surface area contributed by atoms with Crippen LogP contribution < -0.4 is 0 Å². The van der Waals surface area contributed by atoms with Crippen LogP contribution in [0.1, 0.15) is 43.6 Å². The molecule has 0 saturated heterocycles. The predicted octanol–water partition coefficient (Wildman–Crippen LogP) is 1.62. The molecule has 1 fully saturated rings. The minimum absolute atomic E-state index is 0.142. The number of H-pyrrole nitrogens is 1. The molecule has 134 valence electrons. The molecule has 1 aromatic rings. The zero-order valence-corrected chi connectivity index (χ0v) is 14.7. The third kappa shape index (κ3) is 3.76. The Hall–Kier alpha value is -1.93. The Morgan fingerprint density at radius 3 is 2.58 bits per heavy atom. The predicted molar refractivity (Wildman–Crippen MR) is 89.9 cm³/mol. The molecule has 0 aromatic carbocycles. The number of hydrogen-bond acceptors (Lipinski definition) is 5. The van der Waals surface area contributed by atoms with Gasteiger partial charge < -0.3 is 19.9 Å². The van der Waals surface area contributed by atoms with Crippen LogP contribution in [0.15, 0.2) is 12.3 Å². The minimum Gasteiger partial charge on any atom is -0.391 e. The Morgan fingerprint density at radius 1 is 1.46 bits per heavy atom. The maximum atomic E-state index is 13.0. The quantitative estimate of drug-likeness (QED) is 0.606. The highest BCUT2D eigenvalue weighted by Gasteiger charge is 2.38. The van der Waals surface area contributed by atoms with Crippen molar-refractivity contribution < 1.29 is 14.8 Å². The number of nitrogens with zero attached hydrogens (tertiary/aromatic N) is 3. The fourth-order valence-corrected chi connectivity index (χ4v) is 2.95. The molecular formula is C16H26N4O4. The average molecular weight is 338 g/mol. The number of nitrogens with one attached hydrogen (secondary N) is 1. The van der Waals surface area contributed by atoms with Crippen molar-refractivity contribution in [3.8, 4) is 0 Å². The summed E-state index contributed by atoms with van der Waals surface area (Å²) in [5.41, 5.74) is -0.260. The van der Waals surface area contributed by atoms with Crippen molar-refractivity contribution in [3.63, 3.8) is 0 Å². The number of nitro groups is 1. The molecule has 1 aliphatic rings. The second-order valence-electron chi connectivity index (χ2n) is 7.23. The number of aromatic amines is 1. The Kier molecular flexibility index (Phi) is 5.29. The van der Waals surface area contributed by atoms with Crippen LogP contribution in [0.3, 0.4) is 0 Å². The highest BCUT2D eigenvalue weighted by atomic mass is 16.6. The highest BCUT2D eigenvalue weighted by Crippen LogP contribution is 2.28. The molecule has 1 heterocycles. The maximum Gasteiger partial charge on any atom is 0.287 e. The van der Waals surface area contributed by atoms with E-state index < -0.39 is 11.0 Å². The van der Waals surface area contributed by atoms with Gasteiger partial charge >= 0.3 is 0 Å². The molecule has 1 aromatic heterocycles. The molecule has 0 aliphatic heterocycles. The highest BCUT2D eigenvalue weighted by molar-refractivity contribution is 5.93. The van der Waals surface area contributed by atoms with Gasteiger partial charge in [-0.3, -0.25) is 14.9 Å². The number of carbonyl (C=O) groups excluding carboxylic acids is 1. The largest absolute Gasteiger partial charge is 0.391 e. The summed E-state index contributed by atoms with van der Waals surface area (Å²) in [6, 6.07) is 0.985. The van der Waals surface area contributed by atoms with Gasteiger partial charge in [0.25, 0.3) is 11.6 Å². The molecule has 1 saturated carbocycles. The number of aromatic nitrogens is 1. The normalized spacial score (nSPS) is 21.2. The van der Waals surface area contributed by atoms with Crippen LogP contribution in [0.5, 0.6) is 0 Å². The Balaban J connectivity index is 2.30. The van der Waals surface area contributed by atoms with E-state index in [0.29, 0.717) is 13.0 Å². The summed E-state index contributed by atoms with van der Waals surface area (Å²) >= 11 is 0. The second-order valence-corrected chi connectivity index (χ2v) is 7.23. The maximum absolute atomic E-state index is 13.0. The first-order valence-corrected chi connectivity index (χ1v) is 8.13. The van der Waals surface area contributed by atoms with Crippen molar-refractivity contribution in [3.05, 3.63) is 28.1 Å². The van der Waals surface area contributed by atoms with E-state index in [9.17, 15) is 20.0 Å². The number of rotatable bonds is 6. The monoisotopic (exact) mass is 338 g/mol. The number of hydrogen-bond donors (Lipinski definition) is 2. The molecule has 0 unspecified atom stereocenters. The van der Waals surface area contributed by atoms with E-state index in [-0.39, 0.29) is 28.9 Å². The summed E-state index contributed by atoms with van der Waals surface area (Å²) in [6.07, 6.45) is 2.93. The molecule has 0 radical (unpaired) electrons. The molecule has 24 heavy (non-hydrogen) atoms. The van der Waals surface area contributed by atoms with Gasteiger partial charge in [0.05, 0.1) is 23.3 Å². The molecule has 2 rings (SSSR count). The van der Waals surface area contributed by atoms with Crippen molar-refractivity contribution >= 4 is 11.6 Å². The Bertz CT molecular complexity index is 611. The van der Waals surface area contributed by atoms with Gasteiger partial charge in [-0.15, -0.1) is 0 Å². The lowest BCUT2D eigenvalue weighted by Crippen LogP contribution is -2.55. The van der Waals surface area contributed by atoms with Gasteiger partial charge in [0.2, 0.25) is 0 Å². The average Bonchev–Trinajstić information content (AvgIpc) is 3.13. The first-order valence-electron chi connectivity index (χ1n) is 8.13. The summed E-state index contributed by atoms with van der Waals surface area (Å²) in [7, 11) is 3.88. The van der Waals surface area contributed by atoms with Crippen LogP contribution in [0.25, 0.3) is 0 Å². The Labute approximate surface area is 141 Å². The lowest BCUT2D eigenvalue weighted by Gasteiger charge is -2.41. The molecule has 8 heteroatoms. The molecule has 8 nitrogen and oxygen atoms in total. The van der Waals surface area contributed by atoms with E-state index >= 15 is 0 Å². The zero-order valence-electron chi connectivity index (χ0n) is 14.7.